The third kappa shape index (κ3) is 3.65. The highest BCUT2D eigenvalue weighted by Gasteiger charge is 2.22. The number of aromatic nitrogens is 2. The number of fused-ring (bicyclic) bond motifs is 1. The molecule has 8 heteroatoms. The number of nitrogens with zero attached hydrogens (tertiary/aromatic N) is 3. The summed E-state index contributed by atoms with van der Waals surface area (Å²) in [6, 6.07) is 9.62. The number of pyridine rings is 1. The number of hydrogen-bond donors (Lipinski definition) is 1. The van der Waals surface area contributed by atoms with Crippen LogP contribution in [0.5, 0.6) is 0 Å². The van der Waals surface area contributed by atoms with Gasteiger partial charge in [0.15, 0.2) is 5.76 Å². The van der Waals surface area contributed by atoms with Crippen molar-refractivity contribution in [2.45, 2.75) is 26.2 Å². The average molecular weight is 420 g/mol. The Bertz CT molecular complexity index is 1240. The van der Waals surface area contributed by atoms with E-state index in [1.165, 1.54) is 24.8 Å². The van der Waals surface area contributed by atoms with Crippen LogP contribution in [-0.2, 0) is 0 Å². The van der Waals surface area contributed by atoms with E-state index in [9.17, 15) is 9.18 Å². The highest BCUT2D eigenvalue weighted by Crippen LogP contribution is 2.32. The van der Waals surface area contributed by atoms with Crippen LogP contribution >= 0.6 is 0 Å². The largest absolute Gasteiger partial charge is 0.463 e. The van der Waals surface area contributed by atoms with E-state index in [0.717, 1.165) is 31.6 Å². The van der Waals surface area contributed by atoms with Crippen molar-refractivity contribution in [2.24, 2.45) is 0 Å². The number of carbonyl (C=O) groups excluding carboxylic acids is 1. The SMILES string of the molecule is Cc1noc2nc(-c3ccco3)cc(C(=O)Nc3cc(F)ccc3N3CCCCC3)c12. The number of piperidine rings is 1. The second-order valence-corrected chi connectivity index (χ2v) is 7.64. The van der Waals surface area contributed by atoms with Crippen molar-refractivity contribution in [3.63, 3.8) is 0 Å². The van der Waals surface area contributed by atoms with Gasteiger partial charge in [0, 0.05) is 13.1 Å². The number of aryl methyl sites for hydroxylation is 1. The van der Waals surface area contributed by atoms with Gasteiger partial charge in [-0.1, -0.05) is 5.16 Å². The predicted octanol–water partition coefficient (Wildman–Crippen LogP) is 5.17. The molecule has 0 unspecified atom stereocenters. The molecular weight excluding hydrogens is 399 g/mol. The summed E-state index contributed by atoms with van der Waals surface area (Å²) >= 11 is 0. The summed E-state index contributed by atoms with van der Waals surface area (Å²) in [5.74, 6) is -0.298. The molecule has 1 fully saturated rings. The molecule has 1 aromatic carbocycles. The van der Waals surface area contributed by atoms with Crippen LogP contribution in [0.25, 0.3) is 22.6 Å². The van der Waals surface area contributed by atoms with E-state index < -0.39 is 11.7 Å². The van der Waals surface area contributed by atoms with Crippen LogP contribution in [0.3, 0.4) is 0 Å². The Morgan fingerprint density at radius 2 is 2.00 bits per heavy atom. The van der Waals surface area contributed by atoms with Crippen molar-refractivity contribution in [3.05, 3.63) is 59.7 Å². The summed E-state index contributed by atoms with van der Waals surface area (Å²) in [6.45, 7) is 3.50. The van der Waals surface area contributed by atoms with E-state index in [1.54, 1.807) is 31.2 Å². The number of rotatable bonds is 4. The molecule has 1 saturated heterocycles. The van der Waals surface area contributed by atoms with Crippen LogP contribution in [0.15, 0.2) is 51.6 Å². The number of carbonyl (C=O) groups is 1. The maximum absolute atomic E-state index is 14.1. The topological polar surface area (TPSA) is 84.4 Å². The van der Waals surface area contributed by atoms with Crippen LogP contribution in [0.2, 0.25) is 0 Å². The van der Waals surface area contributed by atoms with Gasteiger partial charge in [0.1, 0.15) is 11.5 Å². The van der Waals surface area contributed by atoms with Crippen LogP contribution < -0.4 is 10.2 Å². The molecule has 0 atom stereocenters. The first-order valence-electron chi connectivity index (χ1n) is 10.3. The molecule has 1 N–H and O–H groups in total. The molecule has 4 aromatic rings. The summed E-state index contributed by atoms with van der Waals surface area (Å²) in [5.41, 5.74) is 2.83. The molecule has 1 aliphatic rings. The Kier molecular flexibility index (Phi) is 4.89. The highest BCUT2D eigenvalue weighted by molar-refractivity contribution is 6.13. The first kappa shape index (κ1) is 19.3. The third-order valence-corrected chi connectivity index (χ3v) is 5.54. The van der Waals surface area contributed by atoms with Gasteiger partial charge in [-0.05, 0) is 62.6 Å². The average Bonchev–Trinajstić information content (AvgIpc) is 3.44. The number of halogens is 1. The molecule has 0 saturated carbocycles. The molecule has 31 heavy (non-hydrogen) atoms. The summed E-state index contributed by atoms with van der Waals surface area (Å²) in [7, 11) is 0. The standard InChI is InChI=1S/C23H21FN4O3/c1-14-21-16(13-18(20-6-5-11-30-20)26-23(21)31-27-14)22(29)25-17-12-15(24)7-8-19(17)28-9-3-2-4-10-28/h5-8,11-13H,2-4,9-10H2,1H3,(H,25,29). The highest BCUT2D eigenvalue weighted by atomic mass is 19.1. The van der Waals surface area contributed by atoms with Gasteiger partial charge in [-0.2, -0.15) is 0 Å². The summed E-state index contributed by atoms with van der Waals surface area (Å²) in [6.07, 6.45) is 4.85. The normalized spacial score (nSPS) is 14.2. The maximum atomic E-state index is 14.1. The van der Waals surface area contributed by atoms with Crippen molar-refractivity contribution in [1.82, 2.24) is 10.1 Å². The van der Waals surface area contributed by atoms with Gasteiger partial charge < -0.3 is 19.2 Å². The zero-order valence-corrected chi connectivity index (χ0v) is 17.0. The lowest BCUT2D eigenvalue weighted by Gasteiger charge is -2.30. The van der Waals surface area contributed by atoms with Gasteiger partial charge in [0.2, 0.25) is 0 Å². The lowest BCUT2D eigenvalue weighted by atomic mass is 10.1. The maximum Gasteiger partial charge on any atom is 0.259 e. The van der Waals surface area contributed by atoms with Gasteiger partial charge in [0.25, 0.3) is 11.6 Å². The zero-order chi connectivity index (χ0) is 21.4. The Morgan fingerprint density at radius 3 is 2.77 bits per heavy atom. The van der Waals surface area contributed by atoms with Crippen molar-refractivity contribution < 1.29 is 18.1 Å². The van der Waals surface area contributed by atoms with Crippen molar-refractivity contribution >= 4 is 28.4 Å². The minimum Gasteiger partial charge on any atom is -0.463 e. The number of hydrogen-bond acceptors (Lipinski definition) is 6. The van der Waals surface area contributed by atoms with Gasteiger partial charge in [-0.3, -0.25) is 4.79 Å². The van der Waals surface area contributed by atoms with E-state index >= 15 is 0 Å². The van der Waals surface area contributed by atoms with E-state index in [1.807, 2.05) is 0 Å². The fourth-order valence-electron chi connectivity index (χ4n) is 4.03. The molecule has 0 spiro atoms. The Labute approximate surface area is 177 Å². The van der Waals surface area contributed by atoms with Crippen molar-refractivity contribution in [3.8, 4) is 11.5 Å². The molecule has 1 aliphatic heterocycles. The van der Waals surface area contributed by atoms with Crippen LogP contribution in [0.4, 0.5) is 15.8 Å². The molecule has 0 bridgehead atoms. The molecule has 0 radical (unpaired) electrons. The summed E-state index contributed by atoms with van der Waals surface area (Å²) in [4.78, 5) is 20.0. The molecule has 0 aliphatic carbocycles. The number of amides is 1. The lowest BCUT2D eigenvalue weighted by molar-refractivity contribution is 0.102. The molecule has 7 nitrogen and oxygen atoms in total. The Balaban J connectivity index is 1.55. The van der Waals surface area contributed by atoms with Gasteiger partial charge in [0.05, 0.1) is 34.3 Å². The van der Waals surface area contributed by atoms with Crippen LogP contribution in [-0.4, -0.2) is 29.1 Å². The monoisotopic (exact) mass is 420 g/mol. The number of anilines is 2. The van der Waals surface area contributed by atoms with Crippen LogP contribution in [0.1, 0.15) is 35.3 Å². The molecule has 4 heterocycles. The molecule has 5 rings (SSSR count). The smallest absolute Gasteiger partial charge is 0.259 e. The van der Waals surface area contributed by atoms with Crippen LogP contribution in [0, 0.1) is 12.7 Å². The third-order valence-electron chi connectivity index (χ3n) is 5.54. The number of nitrogens with one attached hydrogen (secondary N) is 1. The second kappa shape index (κ2) is 7.86. The lowest BCUT2D eigenvalue weighted by Crippen LogP contribution is -2.30. The summed E-state index contributed by atoms with van der Waals surface area (Å²) in [5, 5.41) is 7.37. The fraction of sp³-hybridized carbons (Fsp3) is 0.261. The fourth-order valence-corrected chi connectivity index (χ4v) is 4.03. The predicted molar refractivity (Wildman–Crippen MR) is 115 cm³/mol. The Morgan fingerprint density at radius 1 is 1.16 bits per heavy atom. The minimum absolute atomic E-state index is 0.243. The second-order valence-electron chi connectivity index (χ2n) is 7.64. The zero-order valence-electron chi connectivity index (χ0n) is 17.0. The molecular formula is C23H21FN4O3. The van der Waals surface area contributed by atoms with E-state index in [4.69, 9.17) is 8.94 Å². The number of benzene rings is 1. The molecule has 1 amide bonds. The Hall–Kier alpha value is -3.68. The molecule has 3 aromatic heterocycles. The van der Waals surface area contributed by atoms with E-state index in [-0.39, 0.29) is 5.71 Å². The number of furan rings is 1. The first-order valence-corrected chi connectivity index (χ1v) is 10.3. The molecule has 158 valence electrons. The van der Waals surface area contributed by atoms with Gasteiger partial charge in [-0.25, -0.2) is 9.37 Å². The quantitative estimate of drug-likeness (QED) is 0.490. The van der Waals surface area contributed by atoms with Crippen molar-refractivity contribution in [2.75, 3.05) is 23.3 Å². The summed E-state index contributed by atoms with van der Waals surface area (Å²) < 4.78 is 24.8. The van der Waals surface area contributed by atoms with E-state index in [0.29, 0.717) is 33.8 Å². The van der Waals surface area contributed by atoms with Crippen molar-refractivity contribution in [1.29, 1.82) is 0 Å². The minimum atomic E-state index is -0.409. The van der Waals surface area contributed by atoms with Gasteiger partial charge in [-0.15, -0.1) is 0 Å². The van der Waals surface area contributed by atoms with Gasteiger partial charge >= 0.3 is 0 Å². The first-order chi connectivity index (χ1) is 15.1. The van der Waals surface area contributed by atoms with E-state index in [2.05, 4.69) is 20.4 Å².